The number of hydrogen-bond acceptors (Lipinski definition) is 2. The molecule has 0 aromatic heterocycles. The smallest absolute Gasteiger partial charge is 0.150 e. The molecule has 0 saturated heterocycles. The topological polar surface area (TPSA) is 43.1 Å². The van der Waals surface area contributed by atoms with Crippen LogP contribution in [0.1, 0.15) is 18.5 Å². The molecule has 1 aromatic rings. The van der Waals surface area contributed by atoms with Crippen molar-refractivity contribution in [2.45, 2.75) is 13.0 Å². The predicted molar refractivity (Wildman–Crippen MR) is 44.0 cm³/mol. The van der Waals surface area contributed by atoms with Crippen molar-refractivity contribution in [3.63, 3.8) is 0 Å². The van der Waals surface area contributed by atoms with Gasteiger partial charge in [-0.05, 0) is 24.6 Å². The van der Waals surface area contributed by atoms with Gasteiger partial charge in [-0.15, -0.1) is 0 Å². The Balaban J connectivity index is 2.95. The van der Waals surface area contributed by atoms with Crippen LogP contribution in [0.25, 0.3) is 0 Å². The second-order valence-corrected chi connectivity index (χ2v) is 2.64. The van der Waals surface area contributed by atoms with E-state index < -0.39 is 6.04 Å². The fourth-order valence-electron chi connectivity index (χ4n) is 0.935. The molecule has 0 saturated carbocycles. The van der Waals surface area contributed by atoms with Gasteiger partial charge in [0.2, 0.25) is 0 Å². The molecule has 0 aliphatic rings. The molecule has 12 heavy (non-hydrogen) atoms. The summed E-state index contributed by atoms with van der Waals surface area (Å²) >= 11 is 0. The first-order chi connectivity index (χ1) is 5.61. The predicted octanol–water partition coefficient (Wildman–Crippen LogP) is 1.41. The highest BCUT2D eigenvalue weighted by Crippen LogP contribution is 2.11. The Morgan fingerprint density at radius 3 is 2.75 bits per heavy atom. The van der Waals surface area contributed by atoms with Crippen LogP contribution in [0.3, 0.4) is 0 Å². The Hall–Kier alpha value is -1.22. The number of rotatable bonds is 2. The summed E-state index contributed by atoms with van der Waals surface area (Å²) in [6, 6.07) is 5.05. The van der Waals surface area contributed by atoms with Gasteiger partial charge in [-0.1, -0.05) is 12.1 Å². The lowest BCUT2D eigenvalue weighted by molar-refractivity contribution is -0.118. The minimum Gasteiger partial charge on any atom is -0.318 e. The summed E-state index contributed by atoms with van der Waals surface area (Å²) in [5.41, 5.74) is 6.01. The normalized spacial score (nSPS) is 12.6. The van der Waals surface area contributed by atoms with Crippen LogP contribution in [0.15, 0.2) is 24.3 Å². The van der Waals surface area contributed by atoms with Crippen molar-refractivity contribution < 1.29 is 9.18 Å². The highest BCUT2D eigenvalue weighted by molar-refractivity contribution is 5.82. The monoisotopic (exact) mass is 167 g/mol. The van der Waals surface area contributed by atoms with Gasteiger partial charge in [0.15, 0.2) is 5.78 Å². The number of benzene rings is 1. The van der Waals surface area contributed by atoms with Crippen molar-refractivity contribution in [2.75, 3.05) is 0 Å². The maximum absolute atomic E-state index is 12.6. The summed E-state index contributed by atoms with van der Waals surface area (Å²) in [7, 11) is 0. The molecule has 0 heterocycles. The maximum atomic E-state index is 12.6. The van der Waals surface area contributed by atoms with Crippen molar-refractivity contribution in [2.24, 2.45) is 5.73 Å². The number of halogens is 1. The Kier molecular flexibility index (Phi) is 2.55. The summed E-state index contributed by atoms with van der Waals surface area (Å²) in [5.74, 6) is -0.537. The molecule has 0 radical (unpaired) electrons. The first-order valence-corrected chi connectivity index (χ1v) is 3.63. The van der Waals surface area contributed by atoms with Gasteiger partial charge in [0.25, 0.3) is 0 Å². The van der Waals surface area contributed by atoms with Crippen molar-refractivity contribution in [1.29, 1.82) is 0 Å². The zero-order valence-corrected chi connectivity index (χ0v) is 6.75. The SMILES string of the molecule is CC(=O)C(N)c1cccc(F)c1. The molecule has 1 unspecified atom stereocenters. The summed E-state index contributed by atoms with van der Waals surface area (Å²) < 4.78 is 12.6. The van der Waals surface area contributed by atoms with Gasteiger partial charge in [0.05, 0.1) is 6.04 Å². The van der Waals surface area contributed by atoms with E-state index in [9.17, 15) is 9.18 Å². The van der Waals surface area contributed by atoms with Crippen LogP contribution in [0, 0.1) is 5.82 Å². The molecule has 0 fully saturated rings. The number of Topliss-reactive ketones (excluding diaryl/α,β-unsaturated/α-hetero) is 1. The zero-order valence-electron chi connectivity index (χ0n) is 6.75. The molecule has 0 aliphatic carbocycles. The summed E-state index contributed by atoms with van der Waals surface area (Å²) in [5, 5.41) is 0. The average molecular weight is 167 g/mol. The number of carbonyl (C=O) groups is 1. The lowest BCUT2D eigenvalue weighted by Crippen LogP contribution is -2.18. The third-order valence-corrected chi connectivity index (χ3v) is 1.65. The van der Waals surface area contributed by atoms with Crippen molar-refractivity contribution in [1.82, 2.24) is 0 Å². The van der Waals surface area contributed by atoms with Gasteiger partial charge in [-0.2, -0.15) is 0 Å². The number of hydrogen-bond donors (Lipinski definition) is 1. The molecule has 0 amide bonds. The van der Waals surface area contributed by atoms with Crippen LogP contribution in [-0.4, -0.2) is 5.78 Å². The van der Waals surface area contributed by atoms with Crippen molar-refractivity contribution >= 4 is 5.78 Å². The Labute approximate surface area is 70.2 Å². The van der Waals surface area contributed by atoms with E-state index in [4.69, 9.17) is 5.73 Å². The highest BCUT2D eigenvalue weighted by atomic mass is 19.1. The van der Waals surface area contributed by atoms with Crippen LogP contribution >= 0.6 is 0 Å². The average Bonchev–Trinajstić information content (AvgIpc) is 2.03. The van der Waals surface area contributed by atoms with E-state index in [0.29, 0.717) is 5.56 Å². The van der Waals surface area contributed by atoms with Crippen LogP contribution in [0.4, 0.5) is 4.39 Å². The van der Waals surface area contributed by atoms with Gasteiger partial charge in [0.1, 0.15) is 5.82 Å². The van der Waals surface area contributed by atoms with Crippen LogP contribution < -0.4 is 5.73 Å². The van der Waals surface area contributed by atoms with Crippen LogP contribution in [0.5, 0.6) is 0 Å². The second kappa shape index (κ2) is 3.45. The van der Waals surface area contributed by atoms with E-state index in [-0.39, 0.29) is 11.6 Å². The molecule has 3 heteroatoms. The standard InChI is InChI=1S/C9H10FNO/c1-6(12)9(11)7-3-2-4-8(10)5-7/h2-5,9H,11H2,1H3. The number of carbonyl (C=O) groups excluding carboxylic acids is 1. The molecule has 0 aliphatic heterocycles. The largest absolute Gasteiger partial charge is 0.318 e. The summed E-state index contributed by atoms with van der Waals surface area (Å²) in [4.78, 5) is 10.8. The van der Waals surface area contributed by atoms with E-state index in [1.54, 1.807) is 6.07 Å². The number of ketones is 1. The molecule has 64 valence electrons. The van der Waals surface area contributed by atoms with Crippen molar-refractivity contribution in [3.05, 3.63) is 35.6 Å². The molecule has 0 bridgehead atoms. The van der Waals surface area contributed by atoms with E-state index in [1.807, 2.05) is 0 Å². The molecule has 0 spiro atoms. The fourth-order valence-corrected chi connectivity index (χ4v) is 0.935. The molecule has 2 nitrogen and oxygen atoms in total. The van der Waals surface area contributed by atoms with E-state index >= 15 is 0 Å². The second-order valence-electron chi connectivity index (χ2n) is 2.64. The Bertz CT molecular complexity index is 298. The minimum absolute atomic E-state index is 0.166. The third kappa shape index (κ3) is 1.89. The summed E-state index contributed by atoms with van der Waals surface area (Å²) in [6.07, 6.45) is 0. The first-order valence-electron chi connectivity index (χ1n) is 3.63. The van der Waals surface area contributed by atoms with Gasteiger partial charge in [0, 0.05) is 0 Å². The van der Waals surface area contributed by atoms with Crippen LogP contribution in [0.2, 0.25) is 0 Å². The molecule has 1 atom stereocenters. The number of nitrogens with two attached hydrogens (primary N) is 1. The Morgan fingerprint density at radius 1 is 1.58 bits per heavy atom. The molecular weight excluding hydrogens is 157 g/mol. The highest BCUT2D eigenvalue weighted by Gasteiger charge is 2.10. The van der Waals surface area contributed by atoms with E-state index in [1.165, 1.54) is 25.1 Å². The quantitative estimate of drug-likeness (QED) is 0.723. The third-order valence-electron chi connectivity index (χ3n) is 1.65. The van der Waals surface area contributed by atoms with Gasteiger partial charge >= 0.3 is 0 Å². The maximum Gasteiger partial charge on any atom is 0.150 e. The molecule has 2 N–H and O–H groups in total. The Morgan fingerprint density at radius 2 is 2.25 bits per heavy atom. The van der Waals surface area contributed by atoms with Gasteiger partial charge in [-0.3, -0.25) is 4.79 Å². The molecule has 1 aromatic carbocycles. The first kappa shape index (κ1) is 8.87. The molecule has 1 rings (SSSR count). The molecular formula is C9H10FNO. The van der Waals surface area contributed by atoms with Crippen molar-refractivity contribution in [3.8, 4) is 0 Å². The van der Waals surface area contributed by atoms with Gasteiger partial charge in [-0.25, -0.2) is 4.39 Å². The lowest BCUT2D eigenvalue weighted by atomic mass is 10.1. The van der Waals surface area contributed by atoms with E-state index in [2.05, 4.69) is 0 Å². The lowest BCUT2D eigenvalue weighted by Gasteiger charge is -2.06. The fraction of sp³-hybridized carbons (Fsp3) is 0.222. The van der Waals surface area contributed by atoms with E-state index in [0.717, 1.165) is 0 Å². The summed E-state index contributed by atoms with van der Waals surface area (Å²) in [6.45, 7) is 1.38. The zero-order chi connectivity index (χ0) is 9.14. The van der Waals surface area contributed by atoms with Crippen LogP contribution in [-0.2, 0) is 4.79 Å². The van der Waals surface area contributed by atoms with Gasteiger partial charge < -0.3 is 5.73 Å². The minimum atomic E-state index is -0.708.